The average Bonchev–Trinajstić information content (AvgIpc) is 3.52. The zero-order valence-corrected chi connectivity index (χ0v) is 17.7. The van der Waals surface area contributed by atoms with Crippen LogP contribution in [0.15, 0.2) is 54.0 Å². The van der Waals surface area contributed by atoms with Crippen LogP contribution in [-0.2, 0) is 39.3 Å². The lowest BCUT2D eigenvalue weighted by Crippen LogP contribution is -2.44. The summed E-state index contributed by atoms with van der Waals surface area (Å²) in [6.07, 6.45) is 2.44. The van der Waals surface area contributed by atoms with Crippen LogP contribution in [0.1, 0.15) is 34.5 Å². The number of carbonyl (C=O) groups is 3. The normalized spacial score (nSPS) is 20.9. The number of likely N-dealkylation sites (tertiary alicyclic amines) is 1. The van der Waals surface area contributed by atoms with Crippen LogP contribution in [0, 0.1) is 0 Å². The van der Waals surface area contributed by atoms with Crippen LogP contribution in [0.4, 0.5) is 0 Å². The van der Waals surface area contributed by atoms with Crippen LogP contribution in [0.2, 0.25) is 0 Å². The molecule has 31 heavy (non-hydrogen) atoms. The molecule has 1 saturated heterocycles. The van der Waals surface area contributed by atoms with Crippen LogP contribution in [0.25, 0.3) is 0 Å². The van der Waals surface area contributed by atoms with Crippen molar-refractivity contribution in [3.8, 4) is 0 Å². The van der Waals surface area contributed by atoms with Gasteiger partial charge in [-0.3, -0.25) is 24.4 Å². The van der Waals surface area contributed by atoms with Crippen LogP contribution in [-0.4, -0.2) is 44.3 Å². The minimum absolute atomic E-state index is 0.0117. The van der Waals surface area contributed by atoms with Crippen molar-refractivity contribution in [2.24, 2.45) is 0 Å². The van der Waals surface area contributed by atoms with E-state index in [1.807, 2.05) is 47.8 Å². The third kappa shape index (κ3) is 3.46. The number of hydrogen-bond acceptors (Lipinski definition) is 5. The predicted octanol–water partition coefficient (Wildman–Crippen LogP) is 2.64. The molecule has 7 nitrogen and oxygen atoms in total. The lowest BCUT2D eigenvalue weighted by atomic mass is 9.75. The van der Waals surface area contributed by atoms with E-state index in [0.29, 0.717) is 19.5 Å². The van der Waals surface area contributed by atoms with Gasteiger partial charge in [0.1, 0.15) is 0 Å². The van der Waals surface area contributed by atoms with E-state index in [1.165, 1.54) is 16.2 Å². The Labute approximate surface area is 183 Å². The molecule has 3 amide bonds. The van der Waals surface area contributed by atoms with Crippen molar-refractivity contribution in [2.75, 3.05) is 6.54 Å². The fourth-order valence-corrected chi connectivity index (χ4v) is 5.24. The molecule has 0 radical (unpaired) electrons. The van der Waals surface area contributed by atoms with Gasteiger partial charge < -0.3 is 4.90 Å². The molecule has 0 unspecified atom stereocenters. The smallest absolute Gasteiger partial charge is 0.241 e. The Morgan fingerprint density at radius 2 is 2.00 bits per heavy atom. The minimum Gasteiger partial charge on any atom is -0.338 e. The molecule has 1 aromatic carbocycles. The number of rotatable bonds is 5. The van der Waals surface area contributed by atoms with Gasteiger partial charge in [-0.2, -0.15) is 5.10 Å². The lowest BCUT2D eigenvalue weighted by Gasteiger charge is -2.32. The summed E-state index contributed by atoms with van der Waals surface area (Å²) in [4.78, 5) is 44.0. The van der Waals surface area contributed by atoms with Gasteiger partial charge in [0.25, 0.3) is 0 Å². The molecule has 8 heteroatoms. The second-order valence-corrected chi connectivity index (χ2v) is 9.14. The third-order valence-electron chi connectivity index (χ3n) is 6.24. The quantitative estimate of drug-likeness (QED) is 0.626. The van der Waals surface area contributed by atoms with E-state index in [1.54, 1.807) is 11.1 Å². The first-order valence-corrected chi connectivity index (χ1v) is 11.2. The van der Waals surface area contributed by atoms with Gasteiger partial charge in [-0.1, -0.05) is 36.4 Å². The Bertz CT molecular complexity index is 1120. The SMILES string of the molecule is O=C(C[C@]1(c2ccccc2)CC(=O)N(Cc2cccs2)C1=O)N1CCc2[nH]ncc2C1. The molecule has 4 heterocycles. The fraction of sp³-hybridized carbons (Fsp3) is 0.304. The molecule has 1 atom stereocenters. The Kier molecular flexibility index (Phi) is 4.94. The number of imide groups is 1. The summed E-state index contributed by atoms with van der Waals surface area (Å²) in [6.45, 7) is 1.29. The summed E-state index contributed by atoms with van der Waals surface area (Å²) in [7, 11) is 0. The maximum Gasteiger partial charge on any atom is 0.241 e. The zero-order valence-electron chi connectivity index (χ0n) is 16.9. The van der Waals surface area contributed by atoms with E-state index in [4.69, 9.17) is 0 Å². The number of aromatic nitrogens is 2. The number of nitrogens with zero attached hydrogens (tertiary/aromatic N) is 3. The highest BCUT2D eigenvalue weighted by atomic mass is 32.1. The number of aromatic amines is 1. The summed E-state index contributed by atoms with van der Waals surface area (Å²) in [5, 5.41) is 8.96. The fourth-order valence-electron chi connectivity index (χ4n) is 4.55. The van der Waals surface area contributed by atoms with Crippen LogP contribution < -0.4 is 0 Å². The molecule has 1 fully saturated rings. The van der Waals surface area contributed by atoms with Crippen molar-refractivity contribution in [2.45, 2.75) is 37.8 Å². The van der Waals surface area contributed by atoms with Gasteiger partial charge in [0, 0.05) is 48.5 Å². The van der Waals surface area contributed by atoms with E-state index in [0.717, 1.165) is 21.7 Å². The van der Waals surface area contributed by atoms with Crippen molar-refractivity contribution in [3.05, 3.63) is 75.7 Å². The minimum atomic E-state index is -1.16. The number of benzene rings is 1. The maximum absolute atomic E-state index is 13.7. The van der Waals surface area contributed by atoms with Gasteiger partial charge in [0.2, 0.25) is 17.7 Å². The summed E-state index contributed by atoms with van der Waals surface area (Å²) in [5.74, 6) is -0.632. The number of carbonyl (C=O) groups excluding carboxylic acids is 3. The first-order chi connectivity index (χ1) is 15.1. The van der Waals surface area contributed by atoms with Crippen molar-refractivity contribution in [1.82, 2.24) is 20.0 Å². The summed E-state index contributed by atoms with van der Waals surface area (Å²) in [6, 6.07) is 13.1. The zero-order chi connectivity index (χ0) is 21.4. The van der Waals surface area contributed by atoms with Crippen molar-refractivity contribution in [3.63, 3.8) is 0 Å². The molecule has 0 spiro atoms. The molecule has 0 saturated carbocycles. The maximum atomic E-state index is 13.7. The van der Waals surface area contributed by atoms with Gasteiger partial charge in [-0.15, -0.1) is 11.3 Å². The van der Waals surface area contributed by atoms with Crippen molar-refractivity contribution >= 4 is 29.1 Å². The molecule has 3 aromatic rings. The standard InChI is InChI=1S/C23H22N4O3S/c28-20(26-9-8-19-16(14-26)13-24-25-19)11-23(17-5-2-1-3-6-17)12-21(29)27(22(23)30)15-18-7-4-10-31-18/h1-7,10,13H,8-9,11-12,14-15H2,(H,24,25)/t23-/m1/s1. The highest BCUT2D eigenvalue weighted by Crippen LogP contribution is 2.41. The molecule has 0 aliphatic carbocycles. The predicted molar refractivity (Wildman–Crippen MR) is 115 cm³/mol. The average molecular weight is 435 g/mol. The molecule has 0 bridgehead atoms. The second kappa shape index (κ2) is 7.77. The van der Waals surface area contributed by atoms with Crippen LogP contribution in [0.5, 0.6) is 0 Å². The summed E-state index contributed by atoms with van der Waals surface area (Å²) in [5.41, 5.74) is 1.61. The van der Waals surface area contributed by atoms with Crippen molar-refractivity contribution < 1.29 is 14.4 Å². The highest BCUT2D eigenvalue weighted by Gasteiger charge is 2.54. The second-order valence-electron chi connectivity index (χ2n) is 8.11. The molecule has 2 aliphatic heterocycles. The molecule has 2 aromatic heterocycles. The number of amides is 3. The van der Waals surface area contributed by atoms with E-state index in [2.05, 4.69) is 10.2 Å². The lowest BCUT2D eigenvalue weighted by molar-refractivity contribution is -0.143. The number of thiophene rings is 1. The largest absolute Gasteiger partial charge is 0.338 e. The topological polar surface area (TPSA) is 86.4 Å². The number of fused-ring (bicyclic) bond motifs is 1. The number of hydrogen-bond donors (Lipinski definition) is 1. The Morgan fingerprint density at radius 1 is 1.16 bits per heavy atom. The number of nitrogens with one attached hydrogen (secondary N) is 1. The Balaban J connectivity index is 1.44. The number of H-pyrrole nitrogens is 1. The van der Waals surface area contributed by atoms with E-state index < -0.39 is 5.41 Å². The molecule has 1 N–H and O–H groups in total. The van der Waals surface area contributed by atoms with Gasteiger partial charge in [-0.05, 0) is 17.0 Å². The molecular formula is C23H22N4O3S. The van der Waals surface area contributed by atoms with Gasteiger partial charge >= 0.3 is 0 Å². The molecule has 5 rings (SSSR count). The summed E-state index contributed by atoms with van der Waals surface area (Å²) >= 11 is 1.51. The van der Waals surface area contributed by atoms with Gasteiger partial charge in [0.15, 0.2) is 0 Å². The third-order valence-corrected chi connectivity index (χ3v) is 7.10. The first kappa shape index (κ1) is 19.7. The highest BCUT2D eigenvalue weighted by molar-refractivity contribution is 7.09. The molecule has 158 valence electrons. The first-order valence-electron chi connectivity index (χ1n) is 10.3. The van der Waals surface area contributed by atoms with E-state index >= 15 is 0 Å². The van der Waals surface area contributed by atoms with Crippen LogP contribution >= 0.6 is 11.3 Å². The van der Waals surface area contributed by atoms with Crippen LogP contribution in [0.3, 0.4) is 0 Å². The van der Waals surface area contributed by atoms with Crippen molar-refractivity contribution in [1.29, 1.82) is 0 Å². The monoisotopic (exact) mass is 434 g/mol. The van der Waals surface area contributed by atoms with E-state index in [-0.39, 0.29) is 37.1 Å². The summed E-state index contributed by atoms with van der Waals surface area (Å²) < 4.78 is 0. The van der Waals surface area contributed by atoms with E-state index in [9.17, 15) is 14.4 Å². The van der Waals surface area contributed by atoms with Gasteiger partial charge in [0.05, 0.1) is 18.2 Å². The Hall–Kier alpha value is -3.26. The molecule has 2 aliphatic rings. The van der Waals surface area contributed by atoms with Gasteiger partial charge in [-0.25, -0.2) is 0 Å². The Morgan fingerprint density at radius 3 is 2.77 bits per heavy atom. The molecular weight excluding hydrogens is 412 g/mol.